The molecule has 29 heavy (non-hydrogen) atoms. The number of anilines is 2. The van der Waals surface area contributed by atoms with Crippen LogP contribution in [0.1, 0.15) is 19.8 Å². The van der Waals surface area contributed by atoms with Crippen molar-refractivity contribution in [2.75, 3.05) is 16.4 Å². The molecule has 2 aromatic rings. The van der Waals surface area contributed by atoms with Gasteiger partial charge < -0.3 is 10.6 Å². The van der Waals surface area contributed by atoms with Crippen LogP contribution in [0.25, 0.3) is 0 Å². The maximum atomic E-state index is 13.6. The van der Waals surface area contributed by atoms with Crippen LogP contribution in [0.4, 0.5) is 20.2 Å². The van der Waals surface area contributed by atoms with Crippen molar-refractivity contribution in [2.24, 2.45) is 0 Å². The van der Waals surface area contributed by atoms with Crippen LogP contribution >= 0.6 is 11.8 Å². The minimum atomic E-state index is -3.82. The molecular formula is C19H18F2N2O4S2. The number of hydrogen-bond acceptors (Lipinski definition) is 5. The molecule has 2 N–H and O–H groups in total. The molecule has 0 fully saturated rings. The van der Waals surface area contributed by atoms with Gasteiger partial charge in [0.25, 0.3) is 0 Å². The average molecular weight is 440 g/mol. The monoisotopic (exact) mass is 440 g/mol. The standard InChI is InChI=1S/C19H18F2N2O4S2/c1-11-8-19(25)23-16-10-13(3-5-17(16)28-11)29(26,27)7-6-18(24)22-15-4-2-12(20)9-14(15)21/h2-5,9-11H,6-8H2,1H3,(H,22,24)(H,23,25). The van der Waals surface area contributed by atoms with Crippen LogP contribution < -0.4 is 10.6 Å². The van der Waals surface area contributed by atoms with Crippen LogP contribution in [0.15, 0.2) is 46.2 Å². The summed E-state index contributed by atoms with van der Waals surface area (Å²) in [7, 11) is -3.82. The number of carbonyl (C=O) groups is 2. The quantitative estimate of drug-likeness (QED) is 0.741. The van der Waals surface area contributed by atoms with Crippen LogP contribution in [-0.4, -0.2) is 31.2 Å². The van der Waals surface area contributed by atoms with Gasteiger partial charge in [-0.15, -0.1) is 11.8 Å². The highest BCUT2D eigenvalue weighted by molar-refractivity contribution is 8.00. The van der Waals surface area contributed by atoms with Crippen molar-refractivity contribution < 1.29 is 26.8 Å². The predicted molar refractivity (Wildman–Crippen MR) is 107 cm³/mol. The number of hydrogen-bond donors (Lipinski definition) is 2. The molecule has 154 valence electrons. The predicted octanol–water partition coefficient (Wildman–Crippen LogP) is 3.59. The van der Waals surface area contributed by atoms with E-state index in [0.717, 1.165) is 17.0 Å². The molecule has 0 radical (unpaired) electrons. The van der Waals surface area contributed by atoms with Crippen molar-refractivity contribution in [2.45, 2.75) is 34.8 Å². The smallest absolute Gasteiger partial charge is 0.225 e. The van der Waals surface area contributed by atoms with Crippen molar-refractivity contribution in [3.05, 3.63) is 48.0 Å². The van der Waals surface area contributed by atoms with Crippen LogP contribution in [-0.2, 0) is 19.4 Å². The third-order valence-electron chi connectivity index (χ3n) is 4.19. The second-order valence-electron chi connectivity index (χ2n) is 6.58. The number of carbonyl (C=O) groups excluding carboxylic acids is 2. The zero-order chi connectivity index (χ0) is 21.2. The van der Waals surface area contributed by atoms with Gasteiger partial charge in [-0.3, -0.25) is 9.59 Å². The Morgan fingerprint density at radius 2 is 2.00 bits per heavy atom. The molecule has 1 unspecified atom stereocenters. The van der Waals surface area contributed by atoms with Gasteiger partial charge in [0.1, 0.15) is 11.6 Å². The summed E-state index contributed by atoms with van der Waals surface area (Å²) >= 11 is 1.47. The molecule has 0 saturated heterocycles. The maximum Gasteiger partial charge on any atom is 0.225 e. The SMILES string of the molecule is CC1CC(=O)Nc2cc(S(=O)(=O)CCC(=O)Nc3ccc(F)cc3F)ccc2S1. The van der Waals surface area contributed by atoms with E-state index in [9.17, 15) is 26.8 Å². The van der Waals surface area contributed by atoms with E-state index in [2.05, 4.69) is 10.6 Å². The fourth-order valence-corrected chi connectivity index (χ4v) is 5.09. The van der Waals surface area contributed by atoms with E-state index >= 15 is 0 Å². The summed E-state index contributed by atoms with van der Waals surface area (Å²) in [6, 6.07) is 7.11. The molecule has 2 amide bonds. The van der Waals surface area contributed by atoms with Crippen molar-refractivity contribution in [1.82, 2.24) is 0 Å². The Labute approximate surface area is 171 Å². The number of benzene rings is 2. The van der Waals surface area contributed by atoms with E-state index in [0.29, 0.717) is 18.2 Å². The molecule has 3 rings (SSSR count). The van der Waals surface area contributed by atoms with E-state index in [1.807, 2.05) is 6.92 Å². The third kappa shape index (κ3) is 5.33. The molecule has 0 bridgehead atoms. The molecule has 6 nitrogen and oxygen atoms in total. The van der Waals surface area contributed by atoms with Crippen LogP contribution in [0.5, 0.6) is 0 Å². The van der Waals surface area contributed by atoms with Crippen LogP contribution in [0.2, 0.25) is 0 Å². The van der Waals surface area contributed by atoms with Gasteiger partial charge in [-0.2, -0.15) is 0 Å². The summed E-state index contributed by atoms with van der Waals surface area (Å²) in [5, 5.41) is 4.99. The molecule has 1 aliphatic heterocycles. The molecule has 0 spiro atoms. The van der Waals surface area contributed by atoms with E-state index in [-0.39, 0.29) is 21.7 Å². The van der Waals surface area contributed by atoms with Crippen molar-refractivity contribution in [3.63, 3.8) is 0 Å². The van der Waals surface area contributed by atoms with Gasteiger partial charge in [0, 0.05) is 29.1 Å². The molecule has 1 atom stereocenters. The molecule has 1 aliphatic rings. The van der Waals surface area contributed by atoms with Gasteiger partial charge in [-0.25, -0.2) is 17.2 Å². The fourth-order valence-electron chi connectivity index (χ4n) is 2.77. The lowest BCUT2D eigenvalue weighted by Gasteiger charge is -2.11. The first-order valence-corrected chi connectivity index (χ1v) is 11.3. The van der Waals surface area contributed by atoms with Crippen molar-refractivity contribution in [1.29, 1.82) is 0 Å². The zero-order valence-corrected chi connectivity index (χ0v) is 17.0. The van der Waals surface area contributed by atoms with E-state index in [4.69, 9.17) is 0 Å². The Hall–Kier alpha value is -2.46. The highest BCUT2D eigenvalue weighted by Crippen LogP contribution is 2.36. The maximum absolute atomic E-state index is 13.6. The molecular weight excluding hydrogens is 422 g/mol. The number of sulfone groups is 1. The number of rotatable bonds is 5. The minimum Gasteiger partial charge on any atom is -0.325 e. The fraction of sp³-hybridized carbons (Fsp3) is 0.263. The van der Waals surface area contributed by atoms with Gasteiger partial charge in [0.05, 0.1) is 22.0 Å². The van der Waals surface area contributed by atoms with E-state index in [1.165, 1.54) is 23.9 Å². The van der Waals surface area contributed by atoms with Gasteiger partial charge in [0.15, 0.2) is 9.84 Å². The average Bonchev–Trinajstić information content (AvgIpc) is 2.78. The van der Waals surface area contributed by atoms with E-state index < -0.39 is 39.6 Å². The lowest BCUT2D eigenvalue weighted by Crippen LogP contribution is -2.18. The number of thioether (sulfide) groups is 1. The van der Waals surface area contributed by atoms with Crippen LogP contribution in [0.3, 0.4) is 0 Å². The molecule has 0 saturated carbocycles. The van der Waals surface area contributed by atoms with Gasteiger partial charge in [-0.1, -0.05) is 6.92 Å². The van der Waals surface area contributed by atoms with Gasteiger partial charge in [-0.05, 0) is 30.3 Å². The highest BCUT2D eigenvalue weighted by atomic mass is 32.2. The highest BCUT2D eigenvalue weighted by Gasteiger charge is 2.23. The largest absolute Gasteiger partial charge is 0.325 e. The second kappa shape index (κ2) is 8.50. The molecule has 1 heterocycles. The minimum absolute atomic E-state index is 0.0209. The summed E-state index contributed by atoms with van der Waals surface area (Å²) in [4.78, 5) is 24.6. The first kappa shape index (κ1) is 21.3. The van der Waals surface area contributed by atoms with Crippen molar-refractivity contribution >= 4 is 44.8 Å². The lowest BCUT2D eigenvalue weighted by molar-refractivity contribution is -0.116. The Balaban J connectivity index is 1.69. The lowest BCUT2D eigenvalue weighted by atomic mass is 10.3. The number of nitrogens with one attached hydrogen (secondary N) is 2. The number of fused-ring (bicyclic) bond motifs is 1. The van der Waals surface area contributed by atoms with Gasteiger partial charge in [0.2, 0.25) is 11.8 Å². The normalized spacial score (nSPS) is 16.5. The molecule has 10 heteroatoms. The Bertz CT molecular complexity index is 1070. The molecule has 0 aliphatic carbocycles. The van der Waals surface area contributed by atoms with Crippen molar-refractivity contribution in [3.8, 4) is 0 Å². The number of halogens is 2. The molecule has 0 aromatic heterocycles. The summed E-state index contributed by atoms with van der Waals surface area (Å²) in [5.74, 6) is -3.15. The topological polar surface area (TPSA) is 92.3 Å². The third-order valence-corrected chi connectivity index (χ3v) is 7.08. The number of amides is 2. The summed E-state index contributed by atoms with van der Waals surface area (Å²) < 4.78 is 51.7. The Morgan fingerprint density at radius 3 is 2.72 bits per heavy atom. The second-order valence-corrected chi connectivity index (χ2v) is 10.2. The summed E-state index contributed by atoms with van der Waals surface area (Å²) in [6.07, 6.45) is -0.0874. The summed E-state index contributed by atoms with van der Waals surface area (Å²) in [5.41, 5.74) is 0.191. The summed E-state index contributed by atoms with van der Waals surface area (Å²) in [6.45, 7) is 1.91. The van der Waals surface area contributed by atoms with Gasteiger partial charge >= 0.3 is 0 Å². The van der Waals surface area contributed by atoms with E-state index in [1.54, 1.807) is 6.07 Å². The Kier molecular flexibility index (Phi) is 6.23. The molecule has 2 aromatic carbocycles. The van der Waals surface area contributed by atoms with Crippen LogP contribution in [0, 0.1) is 11.6 Å². The first-order valence-electron chi connectivity index (χ1n) is 8.72. The Morgan fingerprint density at radius 1 is 1.24 bits per heavy atom. The zero-order valence-electron chi connectivity index (χ0n) is 15.4. The first-order chi connectivity index (χ1) is 13.6.